The third-order valence-corrected chi connectivity index (χ3v) is 8.60. The lowest BCUT2D eigenvalue weighted by atomic mass is 10.0. The van der Waals surface area contributed by atoms with E-state index >= 15 is 0 Å². The first kappa shape index (κ1) is 28.8. The molecule has 0 unspecified atom stereocenters. The maximum absolute atomic E-state index is 13.3. The van der Waals surface area contributed by atoms with Crippen molar-refractivity contribution in [2.75, 3.05) is 10.6 Å². The topological polar surface area (TPSA) is 180 Å². The Balaban J connectivity index is 1.45. The Morgan fingerprint density at radius 3 is 2.45 bits per heavy atom. The minimum absolute atomic E-state index is 0.0199. The fraction of sp³-hybridized carbons (Fsp3) is 0.333. The van der Waals surface area contributed by atoms with E-state index in [1.807, 2.05) is 6.07 Å². The second-order valence-corrected chi connectivity index (χ2v) is 11.4. The second-order valence-electron chi connectivity index (χ2n) is 9.76. The number of imidazole rings is 1. The van der Waals surface area contributed by atoms with Crippen LogP contribution in [0.25, 0.3) is 0 Å². The number of carbonyl (C=O) groups excluding carboxylic acids is 2. The van der Waals surface area contributed by atoms with Gasteiger partial charge in [0.1, 0.15) is 11.8 Å². The number of aryl methyl sites for hydroxylation is 2. The lowest BCUT2D eigenvalue weighted by molar-refractivity contribution is -0.139. The zero-order valence-electron chi connectivity index (χ0n) is 22.5. The number of amides is 2. The molecule has 0 aliphatic carbocycles. The highest BCUT2D eigenvalue weighted by atomic mass is 32.2. The van der Waals surface area contributed by atoms with Gasteiger partial charge in [-0.05, 0) is 74.1 Å². The van der Waals surface area contributed by atoms with Crippen LogP contribution < -0.4 is 20.1 Å². The van der Waals surface area contributed by atoms with Crippen molar-refractivity contribution in [1.29, 1.82) is 0 Å². The van der Waals surface area contributed by atoms with Crippen molar-refractivity contribution in [3.8, 4) is 5.75 Å². The molecular weight excluding hydrogens is 538 g/mol. The Hall–Kier alpha value is -4.23. The summed E-state index contributed by atoms with van der Waals surface area (Å²) in [6.45, 7) is 6.99. The van der Waals surface area contributed by atoms with Gasteiger partial charge in [0.05, 0.1) is 10.6 Å². The monoisotopic (exact) mass is 569 g/mol. The van der Waals surface area contributed by atoms with Crippen LogP contribution in [0.15, 0.2) is 41.6 Å². The molecule has 0 saturated heterocycles. The van der Waals surface area contributed by atoms with Gasteiger partial charge in [0.25, 0.3) is 5.91 Å². The summed E-state index contributed by atoms with van der Waals surface area (Å²) < 4.78 is 34.7. The number of aliphatic carboxylic acids is 1. The number of carboxylic acids is 1. The Kier molecular flexibility index (Phi) is 8.26. The number of carbonyl (C=O) groups is 3. The number of aromatic nitrogens is 2. The normalized spacial score (nSPS) is 15.5. The Morgan fingerprint density at radius 1 is 1.12 bits per heavy atom. The van der Waals surface area contributed by atoms with Crippen LogP contribution in [-0.4, -0.2) is 53.4 Å². The van der Waals surface area contributed by atoms with E-state index in [1.54, 1.807) is 52.1 Å². The molecule has 2 heterocycles. The van der Waals surface area contributed by atoms with Crippen LogP contribution in [0, 0.1) is 27.7 Å². The number of rotatable bonds is 10. The van der Waals surface area contributed by atoms with Crippen molar-refractivity contribution in [1.82, 2.24) is 14.7 Å². The van der Waals surface area contributed by atoms with Gasteiger partial charge in [-0.3, -0.25) is 19.7 Å². The van der Waals surface area contributed by atoms with E-state index in [4.69, 9.17) is 4.74 Å². The molecule has 0 spiro atoms. The van der Waals surface area contributed by atoms with Gasteiger partial charge in [-0.1, -0.05) is 12.1 Å². The lowest BCUT2D eigenvalue weighted by Gasteiger charge is -2.26. The lowest BCUT2D eigenvalue weighted by Crippen LogP contribution is -2.42. The summed E-state index contributed by atoms with van der Waals surface area (Å²) in [4.78, 5) is 43.5. The van der Waals surface area contributed by atoms with Crippen LogP contribution in [0.4, 0.5) is 11.6 Å². The molecule has 5 N–H and O–H groups in total. The van der Waals surface area contributed by atoms with Crippen molar-refractivity contribution in [3.63, 3.8) is 0 Å². The third kappa shape index (κ3) is 6.32. The molecular formula is C27H31N5O7S. The van der Waals surface area contributed by atoms with Gasteiger partial charge in [-0.2, -0.15) is 4.72 Å². The number of aromatic amines is 1. The molecule has 0 radical (unpaired) electrons. The minimum atomic E-state index is -4.16. The zero-order chi connectivity index (χ0) is 29.2. The third-order valence-electron chi connectivity index (χ3n) is 6.85. The van der Waals surface area contributed by atoms with Crippen LogP contribution in [0.3, 0.4) is 0 Å². The number of H-pyrrole nitrogens is 1. The van der Waals surface area contributed by atoms with Gasteiger partial charge in [0.15, 0.2) is 6.10 Å². The van der Waals surface area contributed by atoms with Gasteiger partial charge < -0.3 is 20.1 Å². The Morgan fingerprint density at radius 2 is 1.82 bits per heavy atom. The number of nitrogens with zero attached hydrogens (tertiary/aromatic N) is 1. The molecule has 1 aromatic heterocycles. The van der Waals surface area contributed by atoms with Crippen molar-refractivity contribution in [2.24, 2.45) is 0 Å². The standard InChI is InChI=1S/C27H31N5O7S/c1-14-11-15(2)17(4)24(16(14)3)40(37,38)32-20(26(35)36)13-18-5-6-21-19(12-18)30-25(34)22(39-21)7-8-23(33)31-27-28-9-10-29-27/h5-6,9-12,20,22,32H,7-8,13H2,1-4H3,(H,30,34)(H,35,36)(H2,28,29,31,33)/t20-,22+/m0/s1. The van der Waals surface area contributed by atoms with E-state index in [0.717, 1.165) is 11.1 Å². The van der Waals surface area contributed by atoms with E-state index in [9.17, 15) is 27.9 Å². The van der Waals surface area contributed by atoms with Crippen LogP contribution >= 0.6 is 0 Å². The highest BCUT2D eigenvalue weighted by Crippen LogP contribution is 2.32. The molecule has 1 aliphatic rings. The summed E-state index contributed by atoms with van der Waals surface area (Å²) in [5.74, 6) is -1.46. The number of fused-ring (bicyclic) bond motifs is 1. The molecule has 212 valence electrons. The molecule has 0 fully saturated rings. The van der Waals surface area contributed by atoms with E-state index in [2.05, 4.69) is 25.3 Å². The van der Waals surface area contributed by atoms with Crippen molar-refractivity contribution in [2.45, 2.75) is 64.0 Å². The SMILES string of the molecule is Cc1cc(C)c(C)c(S(=O)(=O)N[C@@H](Cc2ccc3c(c2)NC(=O)[C@@H](CCC(=O)Nc2ncc[nH]2)O3)C(=O)O)c1C. The van der Waals surface area contributed by atoms with Gasteiger partial charge in [0.2, 0.25) is 21.9 Å². The van der Waals surface area contributed by atoms with E-state index in [-0.39, 0.29) is 30.1 Å². The number of hydrogen-bond donors (Lipinski definition) is 5. The first-order valence-electron chi connectivity index (χ1n) is 12.6. The number of sulfonamides is 1. The van der Waals surface area contributed by atoms with Gasteiger partial charge in [-0.15, -0.1) is 0 Å². The Labute approximate surface area is 231 Å². The van der Waals surface area contributed by atoms with Crippen LogP contribution in [0.1, 0.15) is 40.7 Å². The van der Waals surface area contributed by atoms with Crippen LogP contribution in [0.5, 0.6) is 5.75 Å². The molecule has 2 atom stereocenters. The largest absolute Gasteiger partial charge is 0.480 e. The summed E-state index contributed by atoms with van der Waals surface area (Å²) in [6.07, 6.45) is 2.14. The number of nitrogens with one attached hydrogen (secondary N) is 4. The van der Waals surface area contributed by atoms with Gasteiger partial charge in [0, 0.05) is 25.2 Å². The summed E-state index contributed by atoms with van der Waals surface area (Å²) >= 11 is 0. The molecule has 2 aromatic carbocycles. The molecule has 3 aromatic rings. The fourth-order valence-electron chi connectivity index (χ4n) is 4.55. The van der Waals surface area contributed by atoms with Crippen molar-refractivity contribution in [3.05, 3.63) is 64.5 Å². The van der Waals surface area contributed by atoms with Crippen LogP contribution in [-0.2, 0) is 30.8 Å². The van der Waals surface area contributed by atoms with Crippen molar-refractivity contribution >= 4 is 39.4 Å². The molecule has 0 saturated carbocycles. The van der Waals surface area contributed by atoms with E-state index in [0.29, 0.717) is 34.1 Å². The van der Waals surface area contributed by atoms with E-state index < -0.39 is 34.0 Å². The first-order chi connectivity index (χ1) is 18.9. The molecule has 4 rings (SSSR count). The number of carboxylic acid groups (broad SMARTS) is 1. The fourth-order valence-corrected chi connectivity index (χ4v) is 6.35. The van der Waals surface area contributed by atoms with E-state index in [1.165, 1.54) is 6.20 Å². The summed E-state index contributed by atoms with van der Waals surface area (Å²) in [6, 6.07) is 5.16. The molecule has 12 nitrogen and oxygen atoms in total. The molecule has 13 heteroatoms. The molecule has 2 amide bonds. The molecule has 40 heavy (non-hydrogen) atoms. The highest BCUT2D eigenvalue weighted by Gasteiger charge is 2.31. The van der Waals surface area contributed by atoms with Gasteiger partial charge >= 0.3 is 5.97 Å². The average Bonchev–Trinajstić information content (AvgIpc) is 3.38. The maximum atomic E-state index is 13.3. The predicted octanol–water partition coefficient (Wildman–Crippen LogP) is 2.74. The van der Waals surface area contributed by atoms with Crippen LogP contribution in [0.2, 0.25) is 0 Å². The minimum Gasteiger partial charge on any atom is -0.480 e. The highest BCUT2D eigenvalue weighted by molar-refractivity contribution is 7.89. The first-order valence-corrected chi connectivity index (χ1v) is 14.1. The predicted molar refractivity (Wildman–Crippen MR) is 147 cm³/mol. The maximum Gasteiger partial charge on any atom is 0.322 e. The summed E-state index contributed by atoms with van der Waals surface area (Å²) in [7, 11) is -4.16. The summed E-state index contributed by atoms with van der Waals surface area (Å²) in [5.41, 5.74) is 3.49. The Bertz CT molecular complexity index is 1540. The van der Waals surface area contributed by atoms with Gasteiger partial charge in [-0.25, -0.2) is 13.4 Å². The molecule has 0 bridgehead atoms. The zero-order valence-corrected chi connectivity index (χ0v) is 23.3. The number of benzene rings is 2. The summed E-state index contributed by atoms with van der Waals surface area (Å²) in [5, 5.41) is 15.1. The smallest absolute Gasteiger partial charge is 0.322 e. The number of hydrogen-bond acceptors (Lipinski definition) is 7. The quantitative estimate of drug-likeness (QED) is 0.247. The number of ether oxygens (including phenoxy) is 1. The molecule has 1 aliphatic heterocycles. The second kappa shape index (κ2) is 11.5. The average molecular weight is 570 g/mol. The van der Waals surface area contributed by atoms with Crippen molar-refractivity contribution < 1.29 is 32.6 Å². The number of anilines is 2.